The van der Waals surface area contributed by atoms with Gasteiger partial charge >= 0.3 is 0 Å². The first-order chi connectivity index (χ1) is 10.3. The van der Waals surface area contributed by atoms with Gasteiger partial charge in [-0.05, 0) is 59.1 Å². The molecule has 1 aliphatic rings. The third kappa shape index (κ3) is 2.82. The third-order valence-electron chi connectivity index (χ3n) is 4.74. The second-order valence-corrected chi connectivity index (χ2v) is 8.63. The summed E-state index contributed by atoms with van der Waals surface area (Å²) >= 11 is 0. The van der Waals surface area contributed by atoms with Gasteiger partial charge in [-0.1, -0.05) is 0 Å². The molecule has 22 heavy (non-hydrogen) atoms. The Morgan fingerprint density at radius 3 is 2.59 bits per heavy atom. The van der Waals surface area contributed by atoms with E-state index in [1.165, 1.54) is 6.42 Å². The fourth-order valence-corrected chi connectivity index (χ4v) is 4.97. The van der Waals surface area contributed by atoms with Crippen molar-refractivity contribution in [1.29, 1.82) is 0 Å². The molecule has 0 radical (unpaired) electrons. The second-order valence-electron chi connectivity index (χ2n) is 7.30. The summed E-state index contributed by atoms with van der Waals surface area (Å²) in [6.45, 7) is 8.97. The van der Waals surface area contributed by atoms with Gasteiger partial charge < -0.3 is 4.98 Å². The van der Waals surface area contributed by atoms with Gasteiger partial charge in [0, 0.05) is 17.3 Å². The van der Waals surface area contributed by atoms with E-state index in [1.54, 1.807) is 6.20 Å². The minimum atomic E-state index is -1.19. The first kappa shape index (κ1) is 15.6. The number of likely N-dealkylation sites (tertiary alicyclic amines) is 1. The molecule has 5 nitrogen and oxygen atoms in total. The van der Waals surface area contributed by atoms with Crippen LogP contribution in [-0.4, -0.2) is 41.0 Å². The average Bonchev–Trinajstić information content (AvgIpc) is 2.86. The minimum absolute atomic E-state index is 0.0572. The molecule has 1 saturated heterocycles. The minimum Gasteiger partial charge on any atom is -0.329 e. The molecule has 6 heteroatoms. The summed E-state index contributed by atoms with van der Waals surface area (Å²) in [5.74, 6) is 0.500. The number of aromatic nitrogens is 3. The number of fused-ring (bicyclic) bond motifs is 1. The highest BCUT2D eigenvalue weighted by molar-refractivity contribution is 7.84. The first-order valence-electron chi connectivity index (χ1n) is 7.76. The predicted molar refractivity (Wildman–Crippen MR) is 89.0 cm³/mol. The van der Waals surface area contributed by atoms with Crippen molar-refractivity contribution in [3.05, 3.63) is 18.3 Å². The van der Waals surface area contributed by atoms with Gasteiger partial charge in [-0.2, -0.15) is 0 Å². The number of hydrogen-bond acceptors (Lipinski definition) is 4. The van der Waals surface area contributed by atoms with Crippen molar-refractivity contribution < 1.29 is 4.21 Å². The van der Waals surface area contributed by atoms with Gasteiger partial charge in [0.25, 0.3) is 0 Å². The summed E-state index contributed by atoms with van der Waals surface area (Å²) in [6.07, 6.45) is 5.19. The zero-order valence-corrected chi connectivity index (χ0v) is 14.5. The lowest BCUT2D eigenvalue weighted by Gasteiger charge is -2.52. The van der Waals surface area contributed by atoms with Gasteiger partial charge in [0.2, 0.25) is 0 Å². The number of H-pyrrole nitrogens is 1. The molecule has 0 aromatic carbocycles. The summed E-state index contributed by atoms with van der Waals surface area (Å²) in [5.41, 5.74) is 1.58. The van der Waals surface area contributed by atoms with E-state index in [9.17, 15) is 4.21 Å². The van der Waals surface area contributed by atoms with Crippen LogP contribution in [0.15, 0.2) is 23.5 Å². The Morgan fingerprint density at radius 2 is 1.95 bits per heavy atom. The van der Waals surface area contributed by atoms with Crippen LogP contribution in [0.1, 0.15) is 47.0 Å². The lowest BCUT2D eigenvalue weighted by Crippen LogP contribution is -2.59. The van der Waals surface area contributed by atoms with Crippen molar-refractivity contribution >= 4 is 22.0 Å². The van der Waals surface area contributed by atoms with E-state index in [-0.39, 0.29) is 11.1 Å². The van der Waals surface area contributed by atoms with Crippen LogP contribution in [0.3, 0.4) is 0 Å². The Hall–Kier alpha value is -1.27. The van der Waals surface area contributed by atoms with Crippen LogP contribution in [0, 0.1) is 0 Å². The Morgan fingerprint density at radius 1 is 1.27 bits per heavy atom. The molecule has 1 aliphatic heterocycles. The van der Waals surface area contributed by atoms with Crippen molar-refractivity contribution in [2.24, 2.45) is 0 Å². The van der Waals surface area contributed by atoms with E-state index in [1.807, 2.05) is 12.1 Å². The molecule has 1 unspecified atom stereocenters. The fraction of sp³-hybridized carbons (Fsp3) is 0.625. The number of imidazole rings is 1. The molecule has 0 spiro atoms. The molecule has 3 heterocycles. The van der Waals surface area contributed by atoms with Gasteiger partial charge in [-0.15, -0.1) is 0 Å². The van der Waals surface area contributed by atoms with Crippen molar-refractivity contribution in [2.75, 3.05) is 5.88 Å². The molecular formula is C16H24N4OS. The number of aromatic amines is 1. The molecule has 1 fully saturated rings. The maximum Gasteiger partial charge on any atom is 0.200 e. The number of hydrogen-bond donors (Lipinski definition) is 1. The van der Waals surface area contributed by atoms with E-state index in [0.29, 0.717) is 16.7 Å². The average molecular weight is 320 g/mol. The molecule has 0 aliphatic carbocycles. The van der Waals surface area contributed by atoms with Crippen molar-refractivity contribution in [3.63, 3.8) is 0 Å². The second kappa shape index (κ2) is 5.42. The van der Waals surface area contributed by atoms with Gasteiger partial charge in [-0.25, -0.2) is 14.2 Å². The molecule has 2 aromatic rings. The topological polar surface area (TPSA) is 61.9 Å². The van der Waals surface area contributed by atoms with E-state index in [4.69, 9.17) is 0 Å². The van der Waals surface area contributed by atoms with Gasteiger partial charge in [0.05, 0.1) is 11.4 Å². The SMILES string of the molecule is CC1(C)CCCC(C)(C)N1CS(=O)c1nc2ncccc2[nH]1. The number of piperidine rings is 1. The molecule has 0 amide bonds. The van der Waals surface area contributed by atoms with Crippen LogP contribution >= 0.6 is 0 Å². The highest BCUT2D eigenvalue weighted by atomic mass is 32.2. The van der Waals surface area contributed by atoms with Crippen LogP contribution in [0.4, 0.5) is 0 Å². The monoisotopic (exact) mass is 320 g/mol. The van der Waals surface area contributed by atoms with E-state index < -0.39 is 10.8 Å². The van der Waals surface area contributed by atoms with Gasteiger partial charge in [0.1, 0.15) is 10.8 Å². The lowest BCUT2D eigenvalue weighted by atomic mass is 9.80. The highest BCUT2D eigenvalue weighted by Crippen LogP contribution is 2.38. The van der Waals surface area contributed by atoms with Gasteiger partial charge in [0.15, 0.2) is 10.8 Å². The maximum atomic E-state index is 12.8. The molecular weight excluding hydrogens is 296 g/mol. The normalized spacial score (nSPS) is 22.7. The molecule has 120 valence electrons. The summed E-state index contributed by atoms with van der Waals surface area (Å²) in [6, 6.07) is 3.76. The van der Waals surface area contributed by atoms with Crippen LogP contribution in [0.5, 0.6) is 0 Å². The van der Waals surface area contributed by atoms with Gasteiger partial charge in [-0.3, -0.25) is 4.90 Å². The predicted octanol–water partition coefficient (Wildman–Crippen LogP) is 3.07. The maximum absolute atomic E-state index is 12.8. The van der Waals surface area contributed by atoms with E-state index >= 15 is 0 Å². The van der Waals surface area contributed by atoms with E-state index in [2.05, 4.69) is 47.5 Å². The highest BCUT2D eigenvalue weighted by Gasteiger charge is 2.42. The van der Waals surface area contributed by atoms with Crippen molar-refractivity contribution in [3.8, 4) is 0 Å². The number of nitrogens with zero attached hydrogens (tertiary/aromatic N) is 3. The number of nitrogens with one attached hydrogen (secondary N) is 1. The molecule has 2 aromatic heterocycles. The Balaban J connectivity index is 1.86. The molecule has 0 saturated carbocycles. The Bertz CT molecular complexity index is 658. The summed E-state index contributed by atoms with van der Waals surface area (Å²) in [4.78, 5) is 14.1. The smallest absolute Gasteiger partial charge is 0.200 e. The number of pyridine rings is 1. The van der Waals surface area contributed by atoms with Crippen LogP contribution in [-0.2, 0) is 10.8 Å². The Labute approximate surface area is 134 Å². The quantitative estimate of drug-likeness (QED) is 0.944. The van der Waals surface area contributed by atoms with E-state index in [0.717, 1.165) is 18.4 Å². The van der Waals surface area contributed by atoms with Crippen molar-refractivity contribution in [2.45, 2.75) is 63.2 Å². The molecule has 1 N–H and O–H groups in total. The zero-order chi connectivity index (χ0) is 16.0. The third-order valence-corrected chi connectivity index (χ3v) is 5.85. The first-order valence-corrected chi connectivity index (χ1v) is 9.08. The van der Waals surface area contributed by atoms with Crippen molar-refractivity contribution in [1.82, 2.24) is 19.9 Å². The van der Waals surface area contributed by atoms with Crippen LogP contribution in [0.2, 0.25) is 0 Å². The molecule has 3 rings (SSSR count). The van der Waals surface area contributed by atoms with Crippen LogP contribution in [0.25, 0.3) is 11.2 Å². The lowest BCUT2D eigenvalue weighted by molar-refractivity contribution is -0.00929. The fourth-order valence-electron chi connectivity index (χ4n) is 3.50. The number of rotatable bonds is 3. The Kier molecular flexibility index (Phi) is 3.85. The standard InChI is InChI=1S/C16H24N4OS/c1-15(2)8-6-9-16(3,4)20(15)11-22(21)14-18-12-7-5-10-17-13(12)19-14/h5,7,10H,6,8-9,11H2,1-4H3,(H,17,18,19). The summed E-state index contributed by atoms with van der Waals surface area (Å²) < 4.78 is 12.8. The largest absolute Gasteiger partial charge is 0.329 e. The van der Waals surface area contributed by atoms with Crippen LogP contribution < -0.4 is 0 Å². The molecule has 1 atom stereocenters. The zero-order valence-electron chi connectivity index (χ0n) is 13.7. The summed E-state index contributed by atoms with van der Waals surface area (Å²) in [7, 11) is -1.19. The summed E-state index contributed by atoms with van der Waals surface area (Å²) in [5, 5.41) is 0.519. The molecule has 0 bridgehead atoms.